The molecule has 0 radical (unpaired) electrons. The van der Waals surface area contributed by atoms with Crippen molar-refractivity contribution in [3.63, 3.8) is 0 Å². The number of aryl methyl sites for hydroxylation is 1. The van der Waals surface area contributed by atoms with Gasteiger partial charge in [-0.05, 0) is 13.0 Å². The van der Waals surface area contributed by atoms with Crippen molar-refractivity contribution < 1.29 is 0 Å². The maximum absolute atomic E-state index is 4.22. The van der Waals surface area contributed by atoms with Gasteiger partial charge in [-0.3, -0.25) is 4.98 Å². The SMILES string of the molecule is Cc1cc2c(cn1)CNN2C. The van der Waals surface area contributed by atoms with Crippen molar-refractivity contribution in [2.75, 3.05) is 12.1 Å². The van der Waals surface area contributed by atoms with Crippen molar-refractivity contribution in [2.24, 2.45) is 0 Å². The van der Waals surface area contributed by atoms with E-state index in [0.29, 0.717) is 0 Å². The third-order valence-corrected chi connectivity index (χ3v) is 1.97. The first kappa shape index (κ1) is 6.61. The summed E-state index contributed by atoms with van der Waals surface area (Å²) < 4.78 is 0. The molecule has 0 spiro atoms. The van der Waals surface area contributed by atoms with Crippen LogP contribution in [0.1, 0.15) is 11.3 Å². The molecule has 0 fully saturated rings. The average molecular weight is 149 g/mol. The maximum atomic E-state index is 4.22. The molecule has 1 N–H and O–H groups in total. The first-order valence-corrected chi connectivity index (χ1v) is 3.70. The van der Waals surface area contributed by atoms with Gasteiger partial charge >= 0.3 is 0 Å². The van der Waals surface area contributed by atoms with Gasteiger partial charge in [0.25, 0.3) is 0 Å². The minimum Gasteiger partial charge on any atom is -0.311 e. The Morgan fingerprint density at radius 2 is 2.45 bits per heavy atom. The van der Waals surface area contributed by atoms with Gasteiger partial charge < -0.3 is 5.01 Å². The molecule has 0 amide bonds. The zero-order valence-corrected chi connectivity index (χ0v) is 6.76. The number of hydrazine groups is 1. The van der Waals surface area contributed by atoms with Crippen LogP contribution < -0.4 is 10.4 Å². The molecule has 3 heteroatoms. The van der Waals surface area contributed by atoms with E-state index in [2.05, 4.69) is 16.5 Å². The van der Waals surface area contributed by atoms with Crippen molar-refractivity contribution in [2.45, 2.75) is 13.5 Å². The van der Waals surface area contributed by atoms with Crippen LogP contribution in [0.15, 0.2) is 12.3 Å². The van der Waals surface area contributed by atoms with Crippen LogP contribution in [-0.4, -0.2) is 12.0 Å². The molecule has 1 aromatic rings. The molecular formula is C8H11N3. The van der Waals surface area contributed by atoms with Crippen LogP contribution in [0.4, 0.5) is 5.69 Å². The second kappa shape index (κ2) is 2.20. The van der Waals surface area contributed by atoms with E-state index in [4.69, 9.17) is 0 Å². The molecule has 1 aliphatic rings. The van der Waals surface area contributed by atoms with E-state index in [1.54, 1.807) is 0 Å². The summed E-state index contributed by atoms with van der Waals surface area (Å²) in [5.41, 5.74) is 6.80. The molecule has 0 saturated carbocycles. The lowest BCUT2D eigenvalue weighted by Crippen LogP contribution is -2.26. The summed E-state index contributed by atoms with van der Waals surface area (Å²) in [6, 6.07) is 2.09. The fourth-order valence-corrected chi connectivity index (χ4v) is 1.31. The first-order chi connectivity index (χ1) is 5.27. The predicted octanol–water partition coefficient (Wildman–Crippen LogP) is 0.844. The third kappa shape index (κ3) is 0.973. The summed E-state index contributed by atoms with van der Waals surface area (Å²) in [5, 5.41) is 2.03. The molecule has 0 aliphatic carbocycles. The molecule has 11 heavy (non-hydrogen) atoms. The predicted molar refractivity (Wildman–Crippen MR) is 44.2 cm³/mol. The minimum absolute atomic E-state index is 0.902. The number of aromatic nitrogens is 1. The van der Waals surface area contributed by atoms with Crippen LogP contribution in [0.5, 0.6) is 0 Å². The molecule has 0 unspecified atom stereocenters. The number of hydrogen-bond donors (Lipinski definition) is 1. The van der Waals surface area contributed by atoms with Crippen LogP contribution in [0.25, 0.3) is 0 Å². The monoisotopic (exact) mass is 149 g/mol. The van der Waals surface area contributed by atoms with Gasteiger partial charge in [-0.15, -0.1) is 0 Å². The molecule has 0 bridgehead atoms. The minimum atomic E-state index is 0.902. The topological polar surface area (TPSA) is 28.2 Å². The van der Waals surface area contributed by atoms with Crippen LogP contribution >= 0.6 is 0 Å². The van der Waals surface area contributed by atoms with E-state index in [1.165, 1.54) is 11.3 Å². The van der Waals surface area contributed by atoms with Crippen molar-refractivity contribution in [3.05, 3.63) is 23.5 Å². The highest BCUT2D eigenvalue weighted by atomic mass is 15.5. The first-order valence-electron chi connectivity index (χ1n) is 3.70. The fraction of sp³-hybridized carbons (Fsp3) is 0.375. The number of nitrogens with zero attached hydrogens (tertiary/aromatic N) is 2. The lowest BCUT2D eigenvalue weighted by Gasteiger charge is -2.11. The van der Waals surface area contributed by atoms with E-state index in [-0.39, 0.29) is 0 Å². The molecule has 1 aromatic heterocycles. The van der Waals surface area contributed by atoms with Gasteiger partial charge in [0.15, 0.2) is 0 Å². The lowest BCUT2D eigenvalue weighted by molar-refractivity contribution is 0.734. The Balaban J connectivity index is 2.52. The Labute approximate surface area is 66.0 Å². The Kier molecular flexibility index (Phi) is 1.32. The Morgan fingerprint density at radius 1 is 1.64 bits per heavy atom. The highest BCUT2D eigenvalue weighted by Crippen LogP contribution is 2.22. The summed E-state index contributed by atoms with van der Waals surface area (Å²) in [6.45, 7) is 2.91. The smallest absolute Gasteiger partial charge is 0.0595 e. The van der Waals surface area contributed by atoms with Crippen molar-refractivity contribution >= 4 is 5.69 Å². The number of pyridine rings is 1. The van der Waals surface area contributed by atoms with E-state index in [1.807, 2.05) is 25.2 Å². The Morgan fingerprint density at radius 3 is 3.27 bits per heavy atom. The van der Waals surface area contributed by atoms with Crippen molar-refractivity contribution in [1.82, 2.24) is 10.4 Å². The van der Waals surface area contributed by atoms with Gasteiger partial charge in [-0.1, -0.05) is 0 Å². The van der Waals surface area contributed by atoms with Gasteiger partial charge in [0.1, 0.15) is 0 Å². The maximum Gasteiger partial charge on any atom is 0.0595 e. The number of rotatable bonds is 0. The lowest BCUT2D eigenvalue weighted by atomic mass is 10.2. The Bertz CT molecular complexity index is 283. The largest absolute Gasteiger partial charge is 0.311 e. The van der Waals surface area contributed by atoms with Gasteiger partial charge in [0.05, 0.1) is 5.69 Å². The summed E-state index contributed by atoms with van der Waals surface area (Å²) >= 11 is 0. The van der Waals surface area contributed by atoms with Crippen molar-refractivity contribution in [1.29, 1.82) is 0 Å². The van der Waals surface area contributed by atoms with E-state index in [9.17, 15) is 0 Å². The van der Waals surface area contributed by atoms with Crippen LogP contribution in [0.2, 0.25) is 0 Å². The van der Waals surface area contributed by atoms with Gasteiger partial charge in [-0.25, -0.2) is 5.43 Å². The zero-order chi connectivity index (χ0) is 7.84. The van der Waals surface area contributed by atoms with Crippen LogP contribution in [0.3, 0.4) is 0 Å². The highest BCUT2D eigenvalue weighted by molar-refractivity contribution is 5.55. The van der Waals surface area contributed by atoms with E-state index < -0.39 is 0 Å². The number of nitrogens with one attached hydrogen (secondary N) is 1. The molecule has 1 aliphatic heterocycles. The summed E-state index contributed by atoms with van der Waals surface area (Å²) in [5.74, 6) is 0. The normalized spacial score (nSPS) is 15.3. The summed E-state index contributed by atoms with van der Waals surface area (Å²) in [7, 11) is 2.02. The summed E-state index contributed by atoms with van der Waals surface area (Å²) in [4.78, 5) is 4.22. The second-order valence-electron chi connectivity index (χ2n) is 2.85. The highest BCUT2D eigenvalue weighted by Gasteiger charge is 2.14. The quantitative estimate of drug-likeness (QED) is 0.592. The van der Waals surface area contributed by atoms with Gasteiger partial charge in [0.2, 0.25) is 0 Å². The molecule has 0 saturated heterocycles. The summed E-state index contributed by atoms with van der Waals surface area (Å²) in [6.07, 6.45) is 1.93. The molecule has 2 rings (SSSR count). The molecule has 0 atom stereocenters. The molecule has 58 valence electrons. The van der Waals surface area contributed by atoms with Crippen molar-refractivity contribution in [3.8, 4) is 0 Å². The molecule has 3 nitrogen and oxygen atoms in total. The van der Waals surface area contributed by atoms with Gasteiger partial charge in [0, 0.05) is 31.0 Å². The zero-order valence-electron chi connectivity index (χ0n) is 6.76. The Hall–Kier alpha value is -1.09. The van der Waals surface area contributed by atoms with Gasteiger partial charge in [-0.2, -0.15) is 0 Å². The third-order valence-electron chi connectivity index (χ3n) is 1.97. The van der Waals surface area contributed by atoms with E-state index >= 15 is 0 Å². The number of anilines is 1. The number of fused-ring (bicyclic) bond motifs is 1. The standard InChI is InChI=1S/C8H11N3/c1-6-3-8-7(4-9-6)5-10-11(8)2/h3-4,10H,5H2,1-2H3. The molecule has 2 heterocycles. The van der Waals surface area contributed by atoms with Crippen LogP contribution in [0, 0.1) is 6.92 Å². The number of hydrogen-bond acceptors (Lipinski definition) is 3. The second-order valence-corrected chi connectivity index (χ2v) is 2.85. The van der Waals surface area contributed by atoms with E-state index in [0.717, 1.165) is 12.2 Å². The fourth-order valence-electron chi connectivity index (χ4n) is 1.31. The van der Waals surface area contributed by atoms with Crippen LogP contribution in [-0.2, 0) is 6.54 Å². The molecule has 0 aromatic carbocycles. The molecular weight excluding hydrogens is 138 g/mol. The average Bonchev–Trinajstić information content (AvgIpc) is 2.33.